The molecule has 120 valence electrons. The zero-order valence-corrected chi connectivity index (χ0v) is 13.3. The lowest BCUT2D eigenvalue weighted by atomic mass is 9.92. The van der Waals surface area contributed by atoms with Gasteiger partial charge in [0.2, 0.25) is 0 Å². The van der Waals surface area contributed by atoms with E-state index >= 15 is 0 Å². The van der Waals surface area contributed by atoms with Gasteiger partial charge in [0.15, 0.2) is 6.61 Å². The minimum atomic E-state index is -0.704. The van der Waals surface area contributed by atoms with Gasteiger partial charge in [-0.2, -0.15) is 0 Å². The summed E-state index contributed by atoms with van der Waals surface area (Å²) in [7, 11) is 0. The van der Waals surface area contributed by atoms with Crippen molar-refractivity contribution in [2.45, 2.75) is 20.3 Å². The third kappa shape index (κ3) is 4.03. The number of nitrogens with zero attached hydrogens (tertiary/aromatic N) is 2. The molecule has 0 aromatic carbocycles. The number of likely N-dealkylation sites (tertiary alicyclic amines) is 1. The van der Waals surface area contributed by atoms with E-state index in [2.05, 4.69) is 13.8 Å². The van der Waals surface area contributed by atoms with E-state index in [1.807, 2.05) is 0 Å². The fraction of sp³-hybridized carbons (Fsp3) is 0.571. The van der Waals surface area contributed by atoms with E-state index in [1.165, 1.54) is 12.1 Å². The second kappa shape index (κ2) is 6.87. The van der Waals surface area contributed by atoms with Crippen LogP contribution in [0.1, 0.15) is 29.9 Å². The molecule has 2 heterocycles. The molecule has 0 N–H and O–H groups in total. The molecule has 2 atom stereocenters. The maximum atomic E-state index is 12.1. The van der Waals surface area contributed by atoms with Gasteiger partial charge in [-0.15, -0.1) is 0 Å². The van der Waals surface area contributed by atoms with E-state index in [4.69, 9.17) is 4.74 Å². The fourth-order valence-corrected chi connectivity index (χ4v) is 3.41. The lowest BCUT2D eigenvalue weighted by molar-refractivity contribution is -0.380. The second-order valence-electron chi connectivity index (χ2n) is 5.72. The van der Waals surface area contributed by atoms with Crippen LogP contribution in [0.4, 0.5) is 5.00 Å². The molecule has 0 saturated carbocycles. The number of nitro groups is 1. The van der Waals surface area contributed by atoms with Crippen molar-refractivity contribution >= 4 is 28.2 Å². The van der Waals surface area contributed by atoms with Gasteiger partial charge in [-0.25, -0.2) is 4.79 Å². The summed E-state index contributed by atoms with van der Waals surface area (Å²) in [4.78, 5) is 35.7. The number of thiophene rings is 1. The summed E-state index contributed by atoms with van der Waals surface area (Å²) < 4.78 is 4.96. The highest BCUT2D eigenvalue weighted by atomic mass is 32.1. The van der Waals surface area contributed by atoms with Crippen molar-refractivity contribution < 1.29 is 19.2 Å². The van der Waals surface area contributed by atoms with E-state index in [-0.39, 0.29) is 22.4 Å². The van der Waals surface area contributed by atoms with Crippen LogP contribution in [0.2, 0.25) is 0 Å². The minimum absolute atomic E-state index is 0.125. The van der Waals surface area contributed by atoms with Crippen molar-refractivity contribution in [3.05, 3.63) is 27.1 Å². The Balaban J connectivity index is 1.87. The molecule has 0 bridgehead atoms. The summed E-state index contributed by atoms with van der Waals surface area (Å²) in [6.07, 6.45) is 1.09. The number of hydrogen-bond acceptors (Lipinski definition) is 6. The van der Waals surface area contributed by atoms with Crippen molar-refractivity contribution in [2.75, 3.05) is 19.7 Å². The summed E-state index contributed by atoms with van der Waals surface area (Å²) in [6, 6.07) is 2.58. The zero-order chi connectivity index (χ0) is 16.3. The highest BCUT2D eigenvalue weighted by molar-refractivity contribution is 7.17. The highest BCUT2D eigenvalue weighted by Crippen LogP contribution is 2.25. The number of esters is 1. The molecule has 1 fully saturated rings. The van der Waals surface area contributed by atoms with E-state index < -0.39 is 10.9 Å². The average molecular weight is 326 g/mol. The molecule has 0 aliphatic carbocycles. The van der Waals surface area contributed by atoms with Crippen LogP contribution in [0.5, 0.6) is 0 Å². The molecule has 1 amide bonds. The highest BCUT2D eigenvalue weighted by Gasteiger charge is 2.26. The van der Waals surface area contributed by atoms with Crippen molar-refractivity contribution in [3.8, 4) is 0 Å². The molecular formula is C14H18N2O5S. The van der Waals surface area contributed by atoms with Crippen LogP contribution in [0, 0.1) is 22.0 Å². The Morgan fingerprint density at radius 3 is 2.55 bits per heavy atom. The number of rotatable bonds is 4. The number of piperidine rings is 1. The van der Waals surface area contributed by atoms with E-state index in [0.717, 1.165) is 17.8 Å². The standard InChI is InChI=1S/C14H18N2O5S/c1-9-5-10(2)7-15(6-9)12(17)8-21-14(18)11-3-4-13(22-11)16(19)20/h3-4,9-10H,5-8H2,1-2H3/t9-,10-/m0/s1. The van der Waals surface area contributed by atoms with Crippen LogP contribution >= 0.6 is 11.3 Å². The SMILES string of the molecule is C[C@H]1C[C@H](C)CN(C(=O)COC(=O)c2ccc([N+](=O)[O-])s2)C1. The lowest BCUT2D eigenvalue weighted by Crippen LogP contribution is -2.44. The molecule has 7 nitrogen and oxygen atoms in total. The van der Waals surface area contributed by atoms with Gasteiger partial charge in [-0.3, -0.25) is 14.9 Å². The summed E-state index contributed by atoms with van der Waals surface area (Å²) in [5.41, 5.74) is 0. The Labute approximate surface area is 132 Å². The van der Waals surface area contributed by atoms with Crippen molar-refractivity contribution in [1.82, 2.24) is 4.90 Å². The predicted molar refractivity (Wildman–Crippen MR) is 80.8 cm³/mol. The van der Waals surface area contributed by atoms with E-state index in [1.54, 1.807) is 4.90 Å². The third-order valence-corrected chi connectivity index (χ3v) is 4.54. The zero-order valence-electron chi connectivity index (χ0n) is 12.5. The quantitative estimate of drug-likeness (QED) is 0.481. The van der Waals surface area contributed by atoms with E-state index in [0.29, 0.717) is 24.9 Å². The van der Waals surface area contributed by atoms with Crippen LogP contribution in [0.25, 0.3) is 0 Å². The molecule has 1 aromatic heterocycles. The van der Waals surface area contributed by atoms with Crippen molar-refractivity contribution in [2.24, 2.45) is 11.8 Å². The first-order valence-corrected chi connectivity index (χ1v) is 7.87. The first kappa shape index (κ1) is 16.4. The fourth-order valence-electron chi connectivity index (χ4n) is 2.69. The Hall–Kier alpha value is -1.96. The monoisotopic (exact) mass is 326 g/mol. The molecule has 8 heteroatoms. The molecule has 0 radical (unpaired) electrons. The molecule has 0 unspecified atom stereocenters. The van der Waals surface area contributed by atoms with Gasteiger partial charge in [-0.05, 0) is 24.3 Å². The van der Waals surface area contributed by atoms with Crippen LogP contribution in [-0.2, 0) is 9.53 Å². The van der Waals surface area contributed by atoms with Gasteiger partial charge in [0.25, 0.3) is 5.91 Å². The third-order valence-electron chi connectivity index (χ3n) is 3.52. The second-order valence-corrected chi connectivity index (χ2v) is 6.78. The van der Waals surface area contributed by atoms with Gasteiger partial charge in [-0.1, -0.05) is 25.2 Å². The lowest BCUT2D eigenvalue weighted by Gasteiger charge is -2.34. The van der Waals surface area contributed by atoms with Gasteiger partial charge >= 0.3 is 11.0 Å². The van der Waals surface area contributed by atoms with Crippen LogP contribution < -0.4 is 0 Å². The van der Waals surface area contributed by atoms with Crippen LogP contribution in [0.15, 0.2) is 12.1 Å². The first-order valence-electron chi connectivity index (χ1n) is 7.06. The summed E-state index contributed by atoms with van der Waals surface area (Å²) in [5, 5.41) is 10.4. The van der Waals surface area contributed by atoms with Gasteiger partial charge < -0.3 is 9.64 Å². The molecule has 2 rings (SSSR count). The Bertz CT molecular complexity index is 576. The maximum absolute atomic E-state index is 12.1. The first-order chi connectivity index (χ1) is 10.4. The average Bonchev–Trinajstić information content (AvgIpc) is 2.93. The molecular weight excluding hydrogens is 308 g/mol. The number of carbonyl (C=O) groups is 2. The smallest absolute Gasteiger partial charge is 0.349 e. The summed E-state index contributed by atoms with van der Waals surface area (Å²) in [5.74, 6) is -0.0611. The molecule has 1 saturated heterocycles. The Morgan fingerprint density at radius 2 is 2.00 bits per heavy atom. The molecule has 0 spiro atoms. The number of hydrogen-bond donors (Lipinski definition) is 0. The summed E-state index contributed by atoms with van der Waals surface area (Å²) >= 11 is 0.739. The number of ether oxygens (including phenoxy) is 1. The van der Waals surface area contributed by atoms with E-state index in [9.17, 15) is 19.7 Å². The number of amides is 1. The molecule has 22 heavy (non-hydrogen) atoms. The van der Waals surface area contributed by atoms with Gasteiger partial charge in [0, 0.05) is 19.2 Å². The van der Waals surface area contributed by atoms with Gasteiger partial charge in [0.05, 0.1) is 4.92 Å². The normalized spacial score (nSPS) is 21.5. The molecule has 1 aliphatic rings. The maximum Gasteiger partial charge on any atom is 0.349 e. The van der Waals surface area contributed by atoms with Crippen LogP contribution in [-0.4, -0.2) is 41.4 Å². The Kier molecular flexibility index (Phi) is 5.12. The molecule has 1 aliphatic heterocycles. The number of carbonyl (C=O) groups excluding carboxylic acids is 2. The topological polar surface area (TPSA) is 89.8 Å². The largest absolute Gasteiger partial charge is 0.451 e. The summed E-state index contributed by atoms with van der Waals surface area (Å²) in [6.45, 7) is 5.19. The van der Waals surface area contributed by atoms with Crippen LogP contribution in [0.3, 0.4) is 0 Å². The van der Waals surface area contributed by atoms with Crippen molar-refractivity contribution in [1.29, 1.82) is 0 Å². The Morgan fingerprint density at radius 1 is 1.36 bits per heavy atom. The predicted octanol–water partition coefficient (Wildman–Crippen LogP) is 2.32. The van der Waals surface area contributed by atoms with Gasteiger partial charge in [0.1, 0.15) is 4.88 Å². The van der Waals surface area contributed by atoms with Crippen molar-refractivity contribution in [3.63, 3.8) is 0 Å². The molecule has 1 aromatic rings. The minimum Gasteiger partial charge on any atom is -0.451 e.